The molecule has 8 nitrogen and oxygen atoms in total. The van der Waals surface area contributed by atoms with Crippen molar-refractivity contribution in [3.8, 4) is 5.75 Å². The first kappa shape index (κ1) is 23.0. The summed E-state index contributed by atoms with van der Waals surface area (Å²) in [4.78, 5) is 20.3. The van der Waals surface area contributed by atoms with Gasteiger partial charge >= 0.3 is 0 Å². The Labute approximate surface area is 205 Å². The number of benzene rings is 2. The highest BCUT2D eigenvalue weighted by atomic mass is 16.5. The number of nitrogens with zero attached hydrogens (tertiary/aromatic N) is 5. The van der Waals surface area contributed by atoms with Crippen LogP contribution in [0.1, 0.15) is 31.2 Å². The maximum absolute atomic E-state index is 5.89. The summed E-state index contributed by atoms with van der Waals surface area (Å²) in [7, 11) is 4.31. The molecular formula is C27H31N7O. The smallest absolute Gasteiger partial charge is 0.223 e. The highest BCUT2D eigenvalue weighted by Crippen LogP contribution is 2.26. The Kier molecular flexibility index (Phi) is 6.99. The third-order valence-corrected chi connectivity index (χ3v) is 6.50. The van der Waals surface area contributed by atoms with Gasteiger partial charge < -0.3 is 20.3 Å². The van der Waals surface area contributed by atoms with Gasteiger partial charge in [-0.15, -0.1) is 0 Å². The van der Waals surface area contributed by atoms with Gasteiger partial charge in [-0.2, -0.15) is 0 Å². The van der Waals surface area contributed by atoms with Gasteiger partial charge in [0.25, 0.3) is 0 Å². The molecule has 1 saturated carbocycles. The molecule has 2 aromatic heterocycles. The highest BCUT2D eigenvalue weighted by molar-refractivity contribution is 5.87. The lowest BCUT2D eigenvalue weighted by molar-refractivity contribution is 0.221. The number of hydrogen-bond donors (Lipinski definition) is 2. The average molecular weight is 470 g/mol. The maximum Gasteiger partial charge on any atom is 0.223 e. The molecule has 0 saturated heterocycles. The number of hydrogen-bond acceptors (Lipinski definition) is 8. The Morgan fingerprint density at radius 1 is 0.914 bits per heavy atom. The van der Waals surface area contributed by atoms with Crippen molar-refractivity contribution in [3.63, 3.8) is 0 Å². The second-order valence-electron chi connectivity index (χ2n) is 9.19. The van der Waals surface area contributed by atoms with Gasteiger partial charge in [-0.05, 0) is 69.6 Å². The van der Waals surface area contributed by atoms with Crippen molar-refractivity contribution in [1.29, 1.82) is 0 Å². The van der Waals surface area contributed by atoms with Crippen LogP contribution >= 0.6 is 0 Å². The maximum atomic E-state index is 5.89. The second-order valence-corrected chi connectivity index (χ2v) is 9.19. The van der Waals surface area contributed by atoms with Crippen LogP contribution in [0, 0.1) is 0 Å². The van der Waals surface area contributed by atoms with Gasteiger partial charge in [0.15, 0.2) is 5.82 Å². The van der Waals surface area contributed by atoms with Gasteiger partial charge in [0, 0.05) is 17.8 Å². The topological polar surface area (TPSA) is 88.1 Å². The van der Waals surface area contributed by atoms with Crippen LogP contribution in [0.25, 0.3) is 11.0 Å². The fourth-order valence-electron chi connectivity index (χ4n) is 4.45. The van der Waals surface area contributed by atoms with E-state index in [0.29, 0.717) is 41.5 Å². The predicted molar refractivity (Wildman–Crippen MR) is 139 cm³/mol. The van der Waals surface area contributed by atoms with E-state index in [9.17, 15) is 0 Å². The van der Waals surface area contributed by atoms with Crippen molar-refractivity contribution in [2.24, 2.45) is 0 Å². The fourth-order valence-corrected chi connectivity index (χ4v) is 4.45. The van der Waals surface area contributed by atoms with Crippen LogP contribution in [0.15, 0.2) is 67.1 Å². The molecule has 1 aliphatic carbocycles. The van der Waals surface area contributed by atoms with E-state index in [1.54, 1.807) is 6.20 Å². The summed E-state index contributed by atoms with van der Waals surface area (Å²) in [6.07, 6.45) is 7.86. The van der Waals surface area contributed by atoms with Crippen LogP contribution in [0.3, 0.4) is 0 Å². The average Bonchev–Trinajstić information content (AvgIpc) is 2.89. The van der Waals surface area contributed by atoms with Crippen molar-refractivity contribution in [2.45, 2.75) is 44.4 Å². The summed E-state index contributed by atoms with van der Waals surface area (Å²) in [6.45, 7) is 0.535. The Morgan fingerprint density at radius 3 is 2.43 bits per heavy atom. The molecule has 35 heavy (non-hydrogen) atoms. The third kappa shape index (κ3) is 5.84. The molecule has 2 aromatic carbocycles. The molecule has 180 valence electrons. The number of nitrogens with one attached hydrogen (secondary N) is 2. The van der Waals surface area contributed by atoms with Crippen LogP contribution in [0.4, 0.5) is 17.5 Å². The molecule has 1 aliphatic rings. The first-order valence-corrected chi connectivity index (χ1v) is 12.1. The fraction of sp³-hybridized carbons (Fsp3) is 0.333. The van der Waals surface area contributed by atoms with Crippen LogP contribution < -0.4 is 15.4 Å². The lowest BCUT2D eigenvalue weighted by Gasteiger charge is -2.32. The number of rotatable bonds is 8. The van der Waals surface area contributed by atoms with Gasteiger partial charge in [-0.1, -0.05) is 30.3 Å². The lowest BCUT2D eigenvalue weighted by Crippen LogP contribution is -2.36. The van der Waals surface area contributed by atoms with Crippen LogP contribution in [-0.2, 0) is 6.61 Å². The Hall–Kier alpha value is -3.78. The standard InChI is InChI=1S/C27H31N7O/c1-34(2)22-12-8-21(9-13-22)32-27-28-16-24-25(33-27)26(30-18-29-24)31-20-10-14-23(15-11-20)35-17-19-6-4-3-5-7-19/h3-7,10-11,14-16,18,21-22H,8-9,12-13,17H2,1-2H3,(H,28,32,33)(H,29,30,31)/t21-,22-. The lowest BCUT2D eigenvalue weighted by atomic mass is 9.91. The highest BCUT2D eigenvalue weighted by Gasteiger charge is 2.23. The van der Waals surface area contributed by atoms with E-state index in [1.165, 1.54) is 19.2 Å². The first-order valence-electron chi connectivity index (χ1n) is 12.1. The number of aromatic nitrogens is 4. The van der Waals surface area contributed by atoms with Crippen molar-refractivity contribution < 1.29 is 4.74 Å². The SMILES string of the molecule is CN(C)[C@H]1CC[C@H](Nc2ncc3ncnc(Nc4ccc(OCc5ccccc5)cc4)c3n2)CC1. The molecule has 0 bridgehead atoms. The van der Waals surface area contributed by atoms with Crippen molar-refractivity contribution in [1.82, 2.24) is 24.8 Å². The van der Waals surface area contributed by atoms with E-state index in [4.69, 9.17) is 9.72 Å². The van der Waals surface area contributed by atoms with Crippen LogP contribution in [0.5, 0.6) is 5.75 Å². The van der Waals surface area contributed by atoms with Gasteiger partial charge in [0.05, 0.1) is 6.20 Å². The Bertz CT molecular complexity index is 1240. The zero-order chi connectivity index (χ0) is 24.0. The Balaban J connectivity index is 1.25. The van der Waals surface area contributed by atoms with Gasteiger partial charge in [0.1, 0.15) is 29.7 Å². The zero-order valence-electron chi connectivity index (χ0n) is 20.2. The molecule has 5 rings (SSSR count). The second kappa shape index (κ2) is 10.7. The molecule has 0 spiro atoms. The minimum Gasteiger partial charge on any atom is -0.489 e. The van der Waals surface area contributed by atoms with Crippen molar-refractivity contribution >= 4 is 28.5 Å². The molecule has 0 atom stereocenters. The summed E-state index contributed by atoms with van der Waals surface area (Å²) in [6, 6.07) is 19.0. The van der Waals surface area contributed by atoms with E-state index < -0.39 is 0 Å². The minimum absolute atomic E-state index is 0.383. The number of ether oxygens (including phenoxy) is 1. The molecule has 0 aliphatic heterocycles. The summed E-state index contributed by atoms with van der Waals surface area (Å²) >= 11 is 0. The molecule has 0 amide bonds. The van der Waals surface area contributed by atoms with E-state index in [-0.39, 0.29) is 0 Å². The van der Waals surface area contributed by atoms with Gasteiger partial charge in [-0.25, -0.2) is 19.9 Å². The van der Waals surface area contributed by atoms with Crippen LogP contribution in [-0.4, -0.2) is 51.0 Å². The minimum atomic E-state index is 0.383. The molecular weight excluding hydrogens is 438 g/mol. The molecule has 4 aromatic rings. The monoisotopic (exact) mass is 469 g/mol. The van der Waals surface area contributed by atoms with Gasteiger partial charge in [-0.3, -0.25) is 0 Å². The van der Waals surface area contributed by atoms with Crippen molar-refractivity contribution in [2.75, 3.05) is 24.7 Å². The largest absolute Gasteiger partial charge is 0.489 e. The quantitative estimate of drug-likeness (QED) is 0.372. The molecule has 2 N–H and O–H groups in total. The third-order valence-electron chi connectivity index (χ3n) is 6.50. The van der Waals surface area contributed by atoms with Gasteiger partial charge in [0.2, 0.25) is 5.95 Å². The van der Waals surface area contributed by atoms with Crippen molar-refractivity contribution in [3.05, 3.63) is 72.7 Å². The molecule has 0 radical (unpaired) electrons. The molecule has 8 heteroatoms. The van der Waals surface area contributed by atoms with E-state index in [1.807, 2.05) is 42.5 Å². The molecule has 2 heterocycles. The number of fused-ring (bicyclic) bond motifs is 1. The summed E-state index contributed by atoms with van der Waals surface area (Å²) in [5, 5.41) is 6.88. The summed E-state index contributed by atoms with van der Waals surface area (Å²) < 4.78 is 5.89. The Morgan fingerprint density at radius 2 is 1.69 bits per heavy atom. The number of anilines is 3. The summed E-state index contributed by atoms with van der Waals surface area (Å²) in [5.41, 5.74) is 3.42. The van der Waals surface area contributed by atoms with E-state index in [2.05, 4.69) is 56.7 Å². The first-order chi connectivity index (χ1) is 17.1. The molecule has 0 unspecified atom stereocenters. The molecule has 1 fully saturated rings. The normalized spacial score (nSPS) is 17.9. The van der Waals surface area contributed by atoms with Crippen LogP contribution in [0.2, 0.25) is 0 Å². The predicted octanol–water partition coefficient (Wildman–Crippen LogP) is 5.03. The van der Waals surface area contributed by atoms with E-state index >= 15 is 0 Å². The summed E-state index contributed by atoms with van der Waals surface area (Å²) in [5.74, 6) is 2.08. The zero-order valence-corrected chi connectivity index (χ0v) is 20.2. The van der Waals surface area contributed by atoms with E-state index in [0.717, 1.165) is 29.8 Å².